The summed E-state index contributed by atoms with van der Waals surface area (Å²) >= 11 is 0. The number of aromatic nitrogens is 2. The first kappa shape index (κ1) is 10.6. The van der Waals surface area contributed by atoms with Gasteiger partial charge in [0.05, 0.1) is 11.9 Å². The van der Waals surface area contributed by atoms with Gasteiger partial charge in [-0.1, -0.05) is 0 Å². The molecule has 1 aromatic rings. The molecule has 0 amide bonds. The van der Waals surface area contributed by atoms with Crippen molar-refractivity contribution in [3.63, 3.8) is 0 Å². The number of nitrogens with two attached hydrogens (primary N) is 2. The molecule has 4 N–H and O–H groups in total. The van der Waals surface area contributed by atoms with Crippen LogP contribution < -0.4 is 11.5 Å². The molecule has 0 spiro atoms. The minimum absolute atomic E-state index is 0.363. The summed E-state index contributed by atoms with van der Waals surface area (Å²) in [6, 6.07) is 0. The van der Waals surface area contributed by atoms with Gasteiger partial charge in [0.15, 0.2) is 11.6 Å². The highest BCUT2D eigenvalue weighted by Gasteiger charge is 2.49. The van der Waals surface area contributed by atoms with E-state index in [1.54, 1.807) is 0 Å². The van der Waals surface area contributed by atoms with Crippen molar-refractivity contribution in [1.29, 1.82) is 0 Å². The Balaban J connectivity index is 1.70. The van der Waals surface area contributed by atoms with E-state index >= 15 is 0 Å². The molecule has 96 valence electrons. The molecule has 0 aliphatic heterocycles. The van der Waals surface area contributed by atoms with E-state index in [1.807, 2.05) is 6.20 Å². The predicted molar refractivity (Wildman–Crippen MR) is 70.6 cm³/mol. The van der Waals surface area contributed by atoms with Crippen LogP contribution in [0, 0.1) is 23.7 Å². The Morgan fingerprint density at radius 3 is 2.06 bits per heavy atom. The number of anilines is 2. The first-order valence-corrected chi connectivity index (χ1v) is 7.08. The van der Waals surface area contributed by atoms with Crippen molar-refractivity contribution >= 4 is 11.6 Å². The van der Waals surface area contributed by atoms with Gasteiger partial charge in [-0.25, -0.2) is 9.97 Å². The fourth-order valence-electron chi connectivity index (χ4n) is 5.00. The van der Waals surface area contributed by atoms with Gasteiger partial charge >= 0.3 is 0 Å². The number of nitrogens with zero attached hydrogens (tertiary/aromatic N) is 2. The minimum atomic E-state index is 0.363. The molecule has 0 radical (unpaired) electrons. The summed E-state index contributed by atoms with van der Waals surface area (Å²) in [7, 11) is 0. The number of nitrogen functional groups attached to an aromatic ring is 2. The number of hydrogen-bond acceptors (Lipinski definition) is 4. The van der Waals surface area contributed by atoms with Gasteiger partial charge in [0.25, 0.3) is 0 Å². The van der Waals surface area contributed by atoms with Crippen LogP contribution in [0.2, 0.25) is 0 Å². The predicted octanol–water partition coefficient (Wildman–Crippen LogP) is 2.18. The molecule has 0 unspecified atom stereocenters. The first-order chi connectivity index (χ1) is 8.70. The fourth-order valence-corrected chi connectivity index (χ4v) is 5.00. The van der Waals surface area contributed by atoms with Crippen molar-refractivity contribution in [2.75, 3.05) is 11.5 Å². The smallest absolute Gasteiger partial charge is 0.166 e. The Morgan fingerprint density at radius 1 is 0.889 bits per heavy atom. The van der Waals surface area contributed by atoms with Gasteiger partial charge in [0.1, 0.15) is 0 Å². The zero-order valence-corrected chi connectivity index (χ0v) is 10.5. The molecule has 1 aromatic heterocycles. The molecule has 4 aliphatic carbocycles. The summed E-state index contributed by atoms with van der Waals surface area (Å²) in [4.78, 5) is 8.71. The largest absolute Gasteiger partial charge is 0.381 e. The zero-order valence-electron chi connectivity index (χ0n) is 10.5. The van der Waals surface area contributed by atoms with Crippen molar-refractivity contribution in [1.82, 2.24) is 9.97 Å². The van der Waals surface area contributed by atoms with Gasteiger partial charge in [0, 0.05) is 5.92 Å². The van der Waals surface area contributed by atoms with E-state index in [0.717, 1.165) is 29.4 Å². The molecule has 0 saturated heterocycles. The molecule has 1 heterocycles. The molecular weight excluding hydrogens is 224 g/mol. The summed E-state index contributed by atoms with van der Waals surface area (Å²) in [5, 5.41) is 0. The van der Waals surface area contributed by atoms with Crippen LogP contribution >= 0.6 is 0 Å². The summed E-state index contributed by atoms with van der Waals surface area (Å²) in [5.74, 6) is 4.97. The van der Waals surface area contributed by atoms with Gasteiger partial charge in [-0.05, 0) is 55.8 Å². The van der Waals surface area contributed by atoms with E-state index in [-0.39, 0.29) is 0 Å². The summed E-state index contributed by atoms with van der Waals surface area (Å²) in [6.45, 7) is 0. The van der Waals surface area contributed by atoms with Crippen molar-refractivity contribution < 1.29 is 0 Å². The lowest BCUT2D eigenvalue weighted by Crippen LogP contribution is -2.44. The zero-order chi connectivity index (χ0) is 12.3. The summed E-state index contributed by atoms with van der Waals surface area (Å²) in [5.41, 5.74) is 12.6. The second-order valence-corrected chi connectivity index (χ2v) is 6.52. The Bertz CT molecular complexity index is 457. The molecule has 4 fully saturated rings. The lowest BCUT2D eigenvalue weighted by molar-refractivity contribution is -0.00421. The Labute approximate surface area is 107 Å². The third-order valence-electron chi connectivity index (χ3n) is 5.42. The normalized spacial score (nSPS) is 41.2. The van der Waals surface area contributed by atoms with Crippen molar-refractivity contribution in [2.45, 2.75) is 38.0 Å². The molecule has 0 aromatic carbocycles. The molecular formula is C14H20N4. The van der Waals surface area contributed by atoms with E-state index < -0.39 is 0 Å². The maximum absolute atomic E-state index is 5.82. The lowest BCUT2D eigenvalue weighted by Gasteiger charge is -2.54. The molecule has 0 atom stereocenters. The Kier molecular flexibility index (Phi) is 2.11. The van der Waals surface area contributed by atoms with E-state index in [0.29, 0.717) is 17.6 Å². The van der Waals surface area contributed by atoms with Gasteiger partial charge < -0.3 is 11.5 Å². The highest BCUT2D eigenvalue weighted by atomic mass is 15.0. The second kappa shape index (κ2) is 3.59. The van der Waals surface area contributed by atoms with E-state index in [9.17, 15) is 0 Å². The minimum Gasteiger partial charge on any atom is -0.381 e. The second-order valence-electron chi connectivity index (χ2n) is 6.52. The SMILES string of the molecule is Nc1ncc(C2C3CC4CC(C3)CC2C4)nc1N. The van der Waals surface area contributed by atoms with Crippen molar-refractivity contribution in [2.24, 2.45) is 23.7 Å². The molecule has 4 saturated carbocycles. The monoisotopic (exact) mass is 244 g/mol. The number of rotatable bonds is 1. The molecule has 4 bridgehead atoms. The van der Waals surface area contributed by atoms with Crippen molar-refractivity contribution in [3.8, 4) is 0 Å². The van der Waals surface area contributed by atoms with Crippen LogP contribution in [0.1, 0.15) is 43.7 Å². The summed E-state index contributed by atoms with van der Waals surface area (Å²) in [6.07, 6.45) is 8.91. The molecule has 4 heteroatoms. The quantitative estimate of drug-likeness (QED) is 0.793. The van der Waals surface area contributed by atoms with Crippen LogP contribution in [0.4, 0.5) is 11.6 Å². The van der Waals surface area contributed by atoms with Gasteiger partial charge in [0.2, 0.25) is 0 Å². The molecule has 4 nitrogen and oxygen atoms in total. The van der Waals surface area contributed by atoms with E-state index in [1.165, 1.54) is 32.1 Å². The highest BCUT2D eigenvalue weighted by molar-refractivity contribution is 5.51. The van der Waals surface area contributed by atoms with Crippen LogP contribution in [0.15, 0.2) is 6.20 Å². The van der Waals surface area contributed by atoms with Gasteiger partial charge in [-0.2, -0.15) is 0 Å². The number of hydrogen-bond donors (Lipinski definition) is 2. The summed E-state index contributed by atoms with van der Waals surface area (Å²) < 4.78 is 0. The van der Waals surface area contributed by atoms with Crippen LogP contribution in [0.5, 0.6) is 0 Å². The lowest BCUT2D eigenvalue weighted by atomic mass is 9.51. The average molecular weight is 244 g/mol. The highest BCUT2D eigenvalue weighted by Crippen LogP contribution is 2.59. The topological polar surface area (TPSA) is 77.8 Å². The Morgan fingerprint density at radius 2 is 1.50 bits per heavy atom. The van der Waals surface area contributed by atoms with Crippen LogP contribution in [-0.2, 0) is 0 Å². The molecule has 4 aliphatic rings. The molecule has 5 rings (SSSR count). The van der Waals surface area contributed by atoms with Gasteiger partial charge in [-0.3, -0.25) is 0 Å². The standard InChI is InChI=1S/C14H20N4/c15-13-14(16)18-11(6-17-13)12-9-2-7-1-8(4-9)5-10(12)3-7/h6-10,12H,1-5H2,(H2,15,17)(H2,16,18). The van der Waals surface area contributed by atoms with Crippen LogP contribution in [-0.4, -0.2) is 9.97 Å². The third-order valence-corrected chi connectivity index (χ3v) is 5.42. The van der Waals surface area contributed by atoms with E-state index in [2.05, 4.69) is 9.97 Å². The van der Waals surface area contributed by atoms with E-state index in [4.69, 9.17) is 11.5 Å². The van der Waals surface area contributed by atoms with Crippen LogP contribution in [0.3, 0.4) is 0 Å². The molecule has 18 heavy (non-hydrogen) atoms. The third kappa shape index (κ3) is 1.44. The average Bonchev–Trinajstić information content (AvgIpc) is 2.32. The maximum atomic E-state index is 5.82. The first-order valence-electron chi connectivity index (χ1n) is 7.08. The maximum Gasteiger partial charge on any atom is 0.166 e. The fraction of sp³-hybridized carbons (Fsp3) is 0.714. The van der Waals surface area contributed by atoms with Crippen LogP contribution in [0.25, 0.3) is 0 Å². The Hall–Kier alpha value is -1.32. The van der Waals surface area contributed by atoms with Gasteiger partial charge in [-0.15, -0.1) is 0 Å². The van der Waals surface area contributed by atoms with Crippen molar-refractivity contribution in [3.05, 3.63) is 11.9 Å².